The van der Waals surface area contributed by atoms with Crippen molar-refractivity contribution in [2.45, 2.75) is 59.5 Å². The van der Waals surface area contributed by atoms with Gasteiger partial charge in [0.25, 0.3) is 0 Å². The molecule has 1 aliphatic heterocycles. The van der Waals surface area contributed by atoms with Crippen molar-refractivity contribution < 1.29 is 14.7 Å². The van der Waals surface area contributed by atoms with Crippen molar-refractivity contribution in [2.24, 2.45) is 5.92 Å². The Bertz CT molecular complexity index is 627. The van der Waals surface area contributed by atoms with E-state index >= 15 is 0 Å². The molecule has 0 saturated carbocycles. The molecule has 1 N–H and O–H groups in total. The van der Waals surface area contributed by atoms with Crippen LogP contribution in [0.5, 0.6) is 0 Å². The molecule has 1 amide bonds. The third kappa shape index (κ3) is 5.23. The van der Waals surface area contributed by atoms with Gasteiger partial charge in [-0.05, 0) is 31.7 Å². The van der Waals surface area contributed by atoms with Gasteiger partial charge in [-0.2, -0.15) is 16.9 Å². The van der Waals surface area contributed by atoms with Crippen LogP contribution in [-0.2, 0) is 22.6 Å². The predicted molar refractivity (Wildman–Crippen MR) is 99.9 cm³/mol. The third-order valence-corrected chi connectivity index (χ3v) is 5.71. The molecular formula is C18H29N3O3S. The molecule has 140 valence electrons. The molecule has 2 rings (SSSR count). The smallest absolute Gasteiger partial charge is 0.305 e. The highest BCUT2D eigenvalue weighted by atomic mass is 32.2. The molecule has 0 spiro atoms. The number of rotatable bonds is 7. The van der Waals surface area contributed by atoms with Gasteiger partial charge >= 0.3 is 5.97 Å². The van der Waals surface area contributed by atoms with Gasteiger partial charge in [-0.3, -0.25) is 14.3 Å². The number of hydrogen-bond donors (Lipinski definition) is 1. The van der Waals surface area contributed by atoms with Crippen molar-refractivity contribution in [2.75, 3.05) is 18.1 Å². The molecule has 1 atom stereocenters. The lowest BCUT2D eigenvalue weighted by atomic mass is 10.1. The van der Waals surface area contributed by atoms with Crippen LogP contribution in [0.15, 0.2) is 0 Å². The standard InChI is InChI=1S/C18H29N3O3S/c1-12(2)10-21-14(4)16(13(3)19-21)5-6-17(22)20-7-8-25-11-15(20)9-18(23)24/h12,15H,5-11H2,1-4H3,(H,23,24). The zero-order valence-corrected chi connectivity index (χ0v) is 16.4. The molecule has 0 aliphatic carbocycles. The van der Waals surface area contributed by atoms with Crippen LogP contribution in [0.3, 0.4) is 0 Å². The lowest BCUT2D eigenvalue weighted by molar-refractivity contribution is -0.140. The summed E-state index contributed by atoms with van der Waals surface area (Å²) in [6.07, 6.45) is 1.11. The van der Waals surface area contributed by atoms with Gasteiger partial charge in [-0.1, -0.05) is 13.8 Å². The average Bonchev–Trinajstić information content (AvgIpc) is 2.78. The average molecular weight is 368 g/mol. The Hall–Kier alpha value is -1.50. The van der Waals surface area contributed by atoms with E-state index in [1.807, 2.05) is 11.6 Å². The van der Waals surface area contributed by atoms with Gasteiger partial charge in [-0.25, -0.2) is 0 Å². The number of aryl methyl sites for hydroxylation is 1. The lowest BCUT2D eigenvalue weighted by Gasteiger charge is -2.34. The van der Waals surface area contributed by atoms with Gasteiger partial charge in [0.1, 0.15) is 0 Å². The quantitative estimate of drug-likeness (QED) is 0.801. The summed E-state index contributed by atoms with van der Waals surface area (Å²) in [5.41, 5.74) is 3.27. The van der Waals surface area contributed by atoms with Gasteiger partial charge in [0, 0.05) is 36.7 Å². The molecule has 1 aromatic heterocycles. The van der Waals surface area contributed by atoms with Crippen molar-refractivity contribution in [3.8, 4) is 0 Å². The van der Waals surface area contributed by atoms with Crippen molar-refractivity contribution in [1.82, 2.24) is 14.7 Å². The summed E-state index contributed by atoms with van der Waals surface area (Å²) in [5.74, 6) is 1.33. The number of aromatic nitrogens is 2. The van der Waals surface area contributed by atoms with Crippen LogP contribution in [0.4, 0.5) is 0 Å². The number of thioether (sulfide) groups is 1. The summed E-state index contributed by atoms with van der Waals surface area (Å²) in [4.78, 5) is 25.5. The highest BCUT2D eigenvalue weighted by Crippen LogP contribution is 2.22. The molecule has 7 heteroatoms. The fraction of sp³-hybridized carbons (Fsp3) is 0.722. The predicted octanol–water partition coefficient (Wildman–Crippen LogP) is 2.51. The van der Waals surface area contributed by atoms with Crippen LogP contribution < -0.4 is 0 Å². The van der Waals surface area contributed by atoms with Crippen molar-refractivity contribution in [3.63, 3.8) is 0 Å². The highest BCUT2D eigenvalue weighted by Gasteiger charge is 2.28. The molecule has 1 saturated heterocycles. The van der Waals surface area contributed by atoms with E-state index in [0.717, 1.165) is 29.2 Å². The lowest BCUT2D eigenvalue weighted by Crippen LogP contribution is -2.47. The fourth-order valence-corrected chi connectivity index (χ4v) is 4.41. The summed E-state index contributed by atoms with van der Waals surface area (Å²) in [7, 11) is 0. The maximum Gasteiger partial charge on any atom is 0.305 e. The Labute approximate surface area is 154 Å². The number of carbonyl (C=O) groups excluding carboxylic acids is 1. The third-order valence-electron chi connectivity index (χ3n) is 4.62. The Morgan fingerprint density at radius 3 is 2.72 bits per heavy atom. The van der Waals surface area contributed by atoms with Crippen molar-refractivity contribution in [1.29, 1.82) is 0 Å². The number of amides is 1. The van der Waals surface area contributed by atoms with Crippen molar-refractivity contribution in [3.05, 3.63) is 17.0 Å². The molecule has 1 aromatic rings. The Balaban J connectivity index is 2.01. The van der Waals surface area contributed by atoms with E-state index in [0.29, 0.717) is 31.1 Å². The maximum absolute atomic E-state index is 12.7. The van der Waals surface area contributed by atoms with Gasteiger partial charge in [0.05, 0.1) is 18.2 Å². The molecule has 6 nitrogen and oxygen atoms in total. The van der Waals surface area contributed by atoms with Crippen LogP contribution in [0.25, 0.3) is 0 Å². The summed E-state index contributed by atoms with van der Waals surface area (Å²) in [6, 6.07) is -0.186. The molecule has 1 unspecified atom stereocenters. The minimum absolute atomic E-state index is 0.0309. The first kappa shape index (κ1) is 19.8. The van der Waals surface area contributed by atoms with Crippen LogP contribution in [0.2, 0.25) is 0 Å². The molecule has 0 radical (unpaired) electrons. The second kappa shape index (κ2) is 8.74. The molecule has 0 bridgehead atoms. The summed E-state index contributed by atoms with van der Waals surface area (Å²) in [6.45, 7) is 9.91. The first-order valence-electron chi connectivity index (χ1n) is 8.91. The van der Waals surface area contributed by atoms with Crippen LogP contribution in [0.1, 0.15) is 43.6 Å². The monoisotopic (exact) mass is 367 g/mol. The zero-order valence-electron chi connectivity index (χ0n) is 15.6. The van der Waals surface area contributed by atoms with Crippen LogP contribution >= 0.6 is 11.8 Å². The van der Waals surface area contributed by atoms with Gasteiger partial charge in [0.15, 0.2) is 0 Å². The Kier molecular flexibility index (Phi) is 6.93. The van der Waals surface area contributed by atoms with Gasteiger partial charge < -0.3 is 10.0 Å². The molecular weight excluding hydrogens is 338 g/mol. The molecule has 1 fully saturated rings. The van der Waals surface area contributed by atoms with Gasteiger partial charge in [0.2, 0.25) is 5.91 Å². The fourth-order valence-electron chi connectivity index (χ4n) is 3.35. The SMILES string of the molecule is Cc1nn(CC(C)C)c(C)c1CCC(=O)N1CCSCC1CC(=O)O. The van der Waals surface area contributed by atoms with Gasteiger partial charge in [-0.15, -0.1) is 0 Å². The largest absolute Gasteiger partial charge is 0.481 e. The first-order chi connectivity index (χ1) is 11.8. The minimum atomic E-state index is -0.841. The Morgan fingerprint density at radius 2 is 2.08 bits per heavy atom. The molecule has 1 aliphatic rings. The summed E-state index contributed by atoms with van der Waals surface area (Å²) in [5, 5.41) is 13.7. The van der Waals surface area contributed by atoms with Crippen LogP contribution in [-0.4, -0.2) is 55.8 Å². The maximum atomic E-state index is 12.7. The van der Waals surface area contributed by atoms with Crippen LogP contribution in [0, 0.1) is 19.8 Å². The van der Waals surface area contributed by atoms with E-state index in [1.54, 1.807) is 16.7 Å². The van der Waals surface area contributed by atoms with E-state index in [1.165, 1.54) is 0 Å². The van der Waals surface area contributed by atoms with E-state index in [9.17, 15) is 9.59 Å². The number of nitrogens with zero attached hydrogens (tertiary/aromatic N) is 3. The number of carbonyl (C=O) groups is 2. The topological polar surface area (TPSA) is 75.4 Å². The zero-order chi connectivity index (χ0) is 18.6. The molecule has 0 aromatic carbocycles. The van der Waals surface area contributed by atoms with E-state index in [4.69, 9.17) is 5.11 Å². The Morgan fingerprint density at radius 1 is 1.36 bits per heavy atom. The highest BCUT2D eigenvalue weighted by molar-refractivity contribution is 7.99. The van der Waals surface area contributed by atoms with Crippen molar-refractivity contribution >= 4 is 23.6 Å². The number of aliphatic carboxylic acids is 1. The number of carboxylic acid groups (broad SMARTS) is 1. The summed E-state index contributed by atoms with van der Waals surface area (Å²) < 4.78 is 2.03. The van der Waals surface area contributed by atoms with E-state index in [-0.39, 0.29) is 18.4 Å². The summed E-state index contributed by atoms with van der Waals surface area (Å²) >= 11 is 1.72. The molecule has 25 heavy (non-hydrogen) atoms. The number of hydrogen-bond acceptors (Lipinski definition) is 4. The second-order valence-corrected chi connectivity index (χ2v) is 8.29. The van der Waals surface area contributed by atoms with E-state index in [2.05, 4.69) is 25.9 Å². The minimum Gasteiger partial charge on any atom is -0.481 e. The second-order valence-electron chi connectivity index (χ2n) is 7.14. The first-order valence-corrected chi connectivity index (χ1v) is 10.1. The number of carboxylic acids is 1. The molecule has 2 heterocycles. The normalized spacial score (nSPS) is 18.0. The van der Waals surface area contributed by atoms with E-state index < -0.39 is 5.97 Å².